The smallest absolute Gasteiger partial charge is 0.407 e. The van der Waals surface area contributed by atoms with Gasteiger partial charge < -0.3 is 4.74 Å². The summed E-state index contributed by atoms with van der Waals surface area (Å²) in [6.07, 6.45) is 0. The Kier molecular flexibility index (Phi) is 3.40. The second kappa shape index (κ2) is 5.42. The van der Waals surface area contributed by atoms with Gasteiger partial charge in [-0.3, -0.25) is 14.6 Å². The molecule has 1 aromatic heterocycles. The van der Waals surface area contributed by atoms with Gasteiger partial charge in [0.1, 0.15) is 22.8 Å². The molecular weight excluding hydrogens is 334 g/mol. The van der Waals surface area contributed by atoms with E-state index < -0.39 is 6.04 Å². The number of imidazole rings is 1. The maximum Gasteiger partial charge on any atom is 0.407 e. The molecule has 8 nitrogen and oxygen atoms in total. The molecule has 0 spiro atoms. The van der Waals surface area contributed by atoms with Crippen LogP contribution in [0.15, 0.2) is 29.3 Å². The molecule has 0 radical (unpaired) electrons. The SMILES string of the molecule is COc1cccc(-n2c(C)c(C)[n+]3c2N=C2C3C(=O)N(C)C(=O)N2C)c1. The Balaban J connectivity index is 1.96. The number of urea groups is 1. The molecule has 2 aromatic rings. The van der Waals surface area contributed by atoms with Gasteiger partial charge in [-0.1, -0.05) is 11.1 Å². The van der Waals surface area contributed by atoms with Crippen molar-refractivity contribution in [2.45, 2.75) is 19.9 Å². The van der Waals surface area contributed by atoms with Gasteiger partial charge in [-0.05, 0) is 26.0 Å². The van der Waals surface area contributed by atoms with Crippen molar-refractivity contribution in [3.8, 4) is 11.4 Å². The lowest BCUT2D eigenvalue weighted by Gasteiger charge is -2.30. The highest BCUT2D eigenvalue weighted by molar-refractivity contribution is 6.18. The van der Waals surface area contributed by atoms with E-state index in [2.05, 4.69) is 4.99 Å². The fraction of sp³-hybridized carbons (Fsp3) is 0.333. The van der Waals surface area contributed by atoms with E-state index in [1.165, 1.54) is 11.9 Å². The van der Waals surface area contributed by atoms with Crippen molar-refractivity contribution in [2.75, 3.05) is 21.2 Å². The number of amidine groups is 1. The Hall–Kier alpha value is -3.16. The van der Waals surface area contributed by atoms with Crippen LogP contribution < -0.4 is 9.30 Å². The second-order valence-electron chi connectivity index (χ2n) is 6.49. The Morgan fingerprint density at radius 1 is 1.15 bits per heavy atom. The number of methoxy groups -OCH3 is 1. The van der Waals surface area contributed by atoms with E-state index >= 15 is 0 Å². The third-order valence-electron chi connectivity index (χ3n) is 5.15. The largest absolute Gasteiger partial charge is 0.497 e. The highest BCUT2D eigenvalue weighted by atomic mass is 16.5. The minimum absolute atomic E-state index is 0.276. The summed E-state index contributed by atoms with van der Waals surface area (Å²) >= 11 is 0. The summed E-state index contributed by atoms with van der Waals surface area (Å²) in [6, 6.07) is 6.66. The first kappa shape index (κ1) is 16.3. The first-order chi connectivity index (χ1) is 12.4. The number of hydrogen-bond acceptors (Lipinski definition) is 4. The number of imide groups is 1. The molecule has 1 aromatic carbocycles. The number of aromatic nitrogens is 2. The van der Waals surface area contributed by atoms with Crippen molar-refractivity contribution < 1.29 is 18.9 Å². The zero-order valence-electron chi connectivity index (χ0n) is 15.3. The summed E-state index contributed by atoms with van der Waals surface area (Å²) in [5, 5.41) is 0. The second-order valence-corrected chi connectivity index (χ2v) is 6.49. The zero-order chi connectivity index (χ0) is 18.7. The van der Waals surface area contributed by atoms with Gasteiger partial charge in [0.05, 0.1) is 7.11 Å². The van der Waals surface area contributed by atoms with Gasteiger partial charge >= 0.3 is 12.0 Å². The number of amides is 3. The summed E-state index contributed by atoms with van der Waals surface area (Å²) in [4.78, 5) is 32.3. The first-order valence-corrected chi connectivity index (χ1v) is 8.28. The molecule has 1 fully saturated rings. The molecule has 1 saturated heterocycles. The Morgan fingerprint density at radius 2 is 1.88 bits per heavy atom. The van der Waals surface area contributed by atoms with E-state index in [4.69, 9.17) is 4.74 Å². The highest BCUT2D eigenvalue weighted by Crippen LogP contribution is 2.33. The predicted molar refractivity (Wildman–Crippen MR) is 94.1 cm³/mol. The number of benzene rings is 1. The molecule has 8 heteroatoms. The van der Waals surface area contributed by atoms with Crippen LogP contribution in [0.5, 0.6) is 5.75 Å². The van der Waals surface area contributed by atoms with E-state index in [1.807, 2.05) is 47.2 Å². The van der Waals surface area contributed by atoms with Gasteiger partial charge in [-0.25, -0.2) is 9.36 Å². The standard InChI is InChI=1S/C18H20N5O3/c1-10-11(2)23-14-15(20(3)18(25)21(4)16(14)24)19-17(23)22(10)12-7-6-8-13(9-12)26-5/h6-9,14H,1-5H3/q+1. The van der Waals surface area contributed by atoms with E-state index in [0.717, 1.165) is 27.7 Å². The van der Waals surface area contributed by atoms with E-state index in [1.54, 1.807) is 14.2 Å². The van der Waals surface area contributed by atoms with Crippen LogP contribution in [0, 0.1) is 13.8 Å². The van der Waals surface area contributed by atoms with E-state index in [9.17, 15) is 9.59 Å². The Bertz CT molecular complexity index is 991. The monoisotopic (exact) mass is 354 g/mol. The fourth-order valence-corrected chi connectivity index (χ4v) is 3.57. The molecule has 3 heterocycles. The van der Waals surface area contributed by atoms with Crippen LogP contribution in [0.25, 0.3) is 5.69 Å². The van der Waals surface area contributed by atoms with Crippen molar-refractivity contribution in [3.63, 3.8) is 0 Å². The summed E-state index contributed by atoms with van der Waals surface area (Å²) < 4.78 is 9.21. The van der Waals surface area contributed by atoms with Crippen molar-refractivity contribution in [2.24, 2.45) is 4.99 Å². The van der Waals surface area contributed by atoms with Gasteiger partial charge in [0.15, 0.2) is 0 Å². The third kappa shape index (κ3) is 1.95. The average Bonchev–Trinajstić information content (AvgIpc) is 3.14. The predicted octanol–water partition coefficient (Wildman–Crippen LogP) is 1.50. The van der Waals surface area contributed by atoms with Gasteiger partial charge in [0.25, 0.3) is 5.91 Å². The molecule has 2 aliphatic heterocycles. The van der Waals surface area contributed by atoms with Gasteiger partial charge in [-0.2, -0.15) is 4.57 Å². The summed E-state index contributed by atoms with van der Waals surface area (Å²) in [6.45, 7) is 3.94. The van der Waals surface area contributed by atoms with E-state index in [-0.39, 0.29) is 11.9 Å². The van der Waals surface area contributed by atoms with Crippen molar-refractivity contribution in [3.05, 3.63) is 35.7 Å². The maximum absolute atomic E-state index is 12.8. The molecule has 1 atom stereocenters. The number of carbonyl (C=O) groups excluding carboxylic acids is 2. The van der Waals surface area contributed by atoms with Crippen LogP contribution in [0.4, 0.5) is 10.7 Å². The van der Waals surface area contributed by atoms with Crippen LogP contribution in [-0.4, -0.2) is 53.3 Å². The van der Waals surface area contributed by atoms with E-state index in [0.29, 0.717) is 11.8 Å². The molecule has 0 saturated carbocycles. The lowest BCUT2D eigenvalue weighted by molar-refractivity contribution is -0.682. The maximum atomic E-state index is 12.8. The van der Waals surface area contributed by atoms with Crippen LogP contribution in [0.2, 0.25) is 0 Å². The number of fused-ring (bicyclic) bond motifs is 3. The average molecular weight is 354 g/mol. The quantitative estimate of drug-likeness (QED) is 0.768. The van der Waals surface area contributed by atoms with Crippen LogP contribution in [-0.2, 0) is 4.79 Å². The lowest BCUT2D eigenvalue weighted by atomic mass is 10.1. The number of carbonyl (C=O) groups is 2. The number of hydrogen-bond donors (Lipinski definition) is 0. The molecule has 1 unspecified atom stereocenters. The number of ether oxygens (including phenoxy) is 1. The Morgan fingerprint density at radius 3 is 2.58 bits per heavy atom. The molecule has 3 amide bonds. The molecule has 2 aliphatic rings. The lowest BCUT2D eigenvalue weighted by Crippen LogP contribution is -2.62. The first-order valence-electron chi connectivity index (χ1n) is 8.28. The molecule has 0 aliphatic carbocycles. The number of nitrogens with zero attached hydrogens (tertiary/aromatic N) is 5. The van der Waals surface area contributed by atoms with Crippen LogP contribution >= 0.6 is 0 Å². The number of likely N-dealkylation sites (N-methyl/N-ethyl adjacent to an activating group) is 2. The molecule has 0 bridgehead atoms. The minimum Gasteiger partial charge on any atom is -0.497 e. The number of rotatable bonds is 2. The molecule has 134 valence electrons. The normalized spacial score (nSPS) is 18.8. The molecule has 26 heavy (non-hydrogen) atoms. The summed E-state index contributed by atoms with van der Waals surface area (Å²) in [7, 11) is 4.76. The van der Waals surface area contributed by atoms with Crippen LogP contribution in [0.3, 0.4) is 0 Å². The van der Waals surface area contributed by atoms with Crippen LogP contribution in [0.1, 0.15) is 17.4 Å². The Labute approximate surface area is 150 Å². The molecular formula is C18H20N5O3+. The van der Waals surface area contributed by atoms with Crippen molar-refractivity contribution in [1.29, 1.82) is 0 Å². The number of aliphatic imine (C=N–C) groups is 1. The summed E-state index contributed by atoms with van der Waals surface area (Å²) in [5.74, 6) is 1.53. The van der Waals surface area contributed by atoms with Gasteiger partial charge in [-0.15, -0.1) is 0 Å². The topological polar surface area (TPSA) is 71.0 Å². The summed E-state index contributed by atoms with van der Waals surface area (Å²) in [5.41, 5.74) is 2.79. The van der Waals surface area contributed by atoms with Gasteiger partial charge in [0.2, 0.25) is 11.9 Å². The minimum atomic E-state index is -0.622. The van der Waals surface area contributed by atoms with Crippen molar-refractivity contribution in [1.82, 2.24) is 14.4 Å². The van der Waals surface area contributed by atoms with Gasteiger partial charge in [0, 0.05) is 20.2 Å². The highest BCUT2D eigenvalue weighted by Gasteiger charge is 2.53. The fourth-order valence-electron chi connectivity index (χ4n) is 3.57. The molecule has 0 N–H and O–H groups in total. The van der Waals surface area contributed by atoms with Crippen molar-refractivity contribution >= 4 is 23.7 Å². The third-order valence-corrected chi connectivity index (χ3v) is 5.15. The zero-order valence-corrected chi connectivity index (χ0v) is 15.3. The molecule has 4 rings (SSSR count).